The van der Waals surface area contributed by atoms with Gasteiger partial charge in [0.1, 0.15) is 5.82 Å². The summed E-state index contributed by atoms with van der Waals surface area (Å²) in [7, 11) is 1.71. The van der Waals surface area contributed by atoms with Gasteiger partial charge in [0.25, 0.3) is 0 Å². The van der Waals surface area contributed by atoms with Crippen LogP contribution in [0.3, 0.4) is 0 Å². The molecule has 1 aromatic heterocycles. The summed E-state index contributed by atoms with van der Waals surface area (Å²) in [5.74, 6) is -2.26. The molecular formula is C14H14F2N4O2S. The number of amides is 1. The zero-order valence-electron chi connectivity index (χ0n) is 12.3. The molecule has 0 aliphatic rings. The summed E-state index contributed by atoms with van der Waals surface area (Å²) < 4.78 is 27.6. The third kappa shape index (κ3) is 4.35. The summed E-state index contributed by atoms with van der Waals surface area (Å²) >= 11 is 1.12. The molecule has 2 rings (SSSR count). The summed E-state index contributed by atoms with van der Waals surface area (Å²) in [4.78, 5) is 22.8. The van der Waals surface area contributed by atoms with Crippen molar-refractivity contribution < 1.29 is 18.4 Å². The normalized spacial score (nSPS) is 10.7. The maximum atomic E-state index is 13.1. The number of aromatic nitrogens is 3. The highest BCUT2D eigenvalue weighted by Crippen LogP contribution is 2.19. The van der Waals surface area contributed by atoms with Crippen LogP contribution in [0.15, 0.2) is 23.4 Å². The van der Waals surface area contributed by atoms with Gasteiger partial charge in [-0.05, 0) is 18.2 Å². The molecule has 0 saturated heterocycles. The van der Waals surface area contributed by atoms with Crippen LogP contribution in [0, 0.1) is 11.6 Å². The Kier molecular flexibility index (Phi) is 5.43. The first-order valence-corrected chi connectivity index (χ1v) is 7.64. The minimum atomic E-state index is -1.06. The lowest BCUT2D eigenvalue weighted by Gasteiger charge is -2.03. The Labute approximate surface area is 135 Å². The van der Waals surface area contributed by atoms with E-state index in [1.54, 1.807) is 11.6 Å². The zero-order chi connectivity index (χ0) is 17.0. The van der Waals surface area contributed by atoms with Crippen LogP contribution >= 0.6 is 11.8 Å². The Morgan fingerprint density at radius 3 is 2.65 bits per heavy atom. The van der Waals surface area contributed by atoms with Crippen LogP contribution in [0.4, 0.5) is 8.78 Å². The number of hydrogen-bond donors (Lipinski definition) is 1. The molecule has 2 aromatic rings. The Morgan fingerprint density at radius 2 is 2.00 bits per heavy atom. The van der Waals surface area contributed by atoms with Gasteiger partial charge in [-0.3, -0.25) is 9.59 Å². The van der Waals surface area contributed by atoms with Crippen LogP contribution < -0.4 is 5.73 Å². The fourth-order valence-electron chi connectivity index (χ4n) is 1.81. The number of nitrogens with zero attached hydrogens (tertiary/aromatic N) is 3. The van der Waals surface area contributed by atoms with Gasteiger partial charge in [0.2, 0.25) is 5.91 Å². The van der Waals surface area contributed by atoms with Gasteiger partial charge in [-0.1, -0.05) is 11.8 Å². The quantitative estimate of drug-likeness (QED) is 0.609. The van der Waals surface area contributed by atoms with Crippen molar-refractivity contribution >= 4 is 23.5 Å². The molecule has 9 heteroatoms. The predicted molar refractivity (Wildman–Crippen MR) is 79.9 cm³/mol. The minimum absolute atomic E-state index is 0.00681. The number of rotatable bonds is 7. The third-order valence-electron chi connectivity index (χ3n) is 3.09. The number of ketones is 1. The standard InChI is InChI=1S/C14H14F2N4O2S/c1-20-13(5-4-12(17)22)18-19-14(20)23-7-11(21)8-2-3-9(15)10(16)6-8/h2-3,6H,4-5,7H2,1H3,(H2,17,22). The first-order valence-electron chi connectivity index (χ1n) is 6.66. The van der Waals surface area contributed by atoms with Crippen LogP contribution in [0.2, 0.25) is 0 Å². The molecule has 1 heterocycles. The fraction of sp³-hybridized carbons (Fsp3) is 0.286. The average molecular weight is 340 g/mol. The van der Waals surface area contributed by atoms with E-state index in [2.05, 4.69) is 10.2 Å². The number of carbonyl (C=O) groups is 2. The van der Waals surface area contributed by atoms with Crippen molar-refractivity contribution in [3.05, 3.63) is 41.2 Å². The van der Waals surface area contributed by atoms with Crippen molar-refractivity contribution in [2.45, 2.75) is 18.0 Å². The van der Waals surface area contributed by atoms with E-state index in [0.717, 1.165) is 23.9 Å². The van der Waals surface area contributed by atoms with Gasteiger partial charge in [0.15, 0.2) is 22.6 Å². The molecule has 2 N–H and O–H groups in total. The number of carbonyl (C=O) groups excluding carboxylic acids is 2. The number of benzene rings is 1. The lowest BCUT2D eigenvalue weighted by atomic mass is 10.1. The van der Waals surface area contributed by atoms with E-state index in [0.29, 0.717) is 17.4 Å². The molecule has 0 saturated carbocycles. The van der Waals surface area contributed by atoms with Gasteiger partial charge in [0, 0.05) is 25.5 Å². The monoisotopic (exact) mass is 340 g/mol. The fourth-order valence-corrected chi connectivity index (χ4v) is 2.63. The van der Waals surface area contributed by atoms with Crippen molar-refractivity contribution in [2.75, 3.05) is 5.75 Å². The highest BCUT2D eigenvalue weighted by molar-refractivity contribution is 7.99. The summed E-state index contributed by atoms with van der Waals surface area (Å²) in [6, 6.07) is 3.01. The molecule has 0 aliphatic heterocycles. The number of aryl methyl sites for hydroxylation is 1. The Balaban J connectivity index is 1.99. The van der Waals surface area contributed by atoms with Crippen molar-refractivity contribution in [1.29, 1.82) is 0 Å². The van der Waals surface area contributed by atoms with Crippen LogP contribution in [-0.2, 0) is 18.3 Å². The maximum Gasteiger partial charge on any atom is 0.217 e. The Bertz CT molecular complexity index is 748. The second kappa shape index (κ2) is 7.32. The molecule has 122 valence electrons. The average Bonchev–Trinajstić information content (AvgIpc) is 2.86. The molecule has 0 aliphatic carbocycles. The number of thioether (sulfide) groups is 1. The van der Waals surface area contributed by atoms with Gasteiger partial charge in [0.05, 0.1) is 5.75 Å². The van der Waals surface area contributed by atoms with Crippen molar-refractivity contribution in [1.82, 2.24) is 14.8 Å². The largest absolute Gasteiger partial charge is 0.370 e. The first kappa shape index (κ1) is 17.1. The molecule has 0 unspecified atom stereocenters. The van der Waals surface area contributed by atoms with Gasteiger partial charge >= 0.3 is 0 Å². The summed E-state index contributed by atoms with van der Waals surface area (Å²) in [5, 5.41) is 8.34. The van der Waals surface area contributed by atoms with E-state index in [9.17, 15) is 18.4 Å². The van der Waals surface area contributed by atoms with E-state index < -0.39 is 17.5 Å². The van der Waals surface area contributed by atoms with E-state index in [-0.39, 0.29) is 23.5 Å². The van der Waals surface area contributed by atoms with Gasteiger partial charge < -0.3 is 10.3 Å². The summed E-state index contributed by atoms with van der Waals surface area (Å²) in [6.45, 7) is 0. The molecule has 0 atom stereocenters. The number of halogens is 2. The first-order chi connectivity index (χ1) is 10.9. The molecule has 0 bridgehead atoms. The lowest BCUT2D eigenvalue weighted by molar-refractivity contribution is -0.118. The van der Waals surface area contributed by atoms with E-state index in [1.807, 2.05) is 0 Å². The van der Waals surface area contributed by atoms with Crippen LogP contribution in [-0.4, -0.2) is 32.2 Å². The predicted octanol–water partition coefficient (Wildman–Crippen LogP) is 1.49. The SMILES string of the molecule is Cn1c(CCC(N)=O)nnc1SCC(=O)c1ccc(F)c(F)c1. The van der Waals surface area contributed by atoms with Gasteiger partial charge in [-0.2, -0.15) is 0 Å². The third-order valence-corrected chi connectivity index (χ3v) is 4.11. The second-order valence-corrected chi connectivity index (χ2v) is 5.71. The smallest absolute Gasteiger partial charge is 0.217 e. The van der Waals surface area contributed by atoms with Crippen LogP contribution in [0.25, 0.3) is 0 Å². The van der Waals surface area contributed by atoms with Crippen LogP contribution in [0.5, 0.6) is 0 Å². The Morgan fingerprint density at radius 1 is 1.26 bits per heavy atom. The molecule has 1 aromatic carbocycles. The molecule has 0 fully saturated rings. The van der Waals surface area contributed by atoms with Crippen LogP contribution in [0.1, 0.15) is 22.6 Å². The minimum Gasteiger partial charge on any atom is -0.370 e. The molecule has 23 heavy (non-hydrogen) atoms. The summed E-state index contributed by atoms with van der Waals surface area (Å²) in [6.07, 6.45) is 0.515. The van der Waals surface area contributed by atoms with Gasteiger partial charge in [-0.25, -0.2) is 8.78 Å². The Hall–Kier alpha value is -2.29. The topological polar surface area (TPSA) is 90.9 Å². The van der Waals surface area contributed by atoms with E-state index in [1.165, 1.54) is 6.07 Å². The van der Waals surface area contributed by atoms with E-state index >= 15 is 0 Å². The number of primary amides is 1. The molecule has 0 spiro atoms. The number of nitrogens with two attached hydrogens (primary N) is 1. The zero-order valence-corrected chi connectivity index (χ0v) is 13.1. The maximum absolute atomic E-state index is 13.1. The molecular weight excluding hydrogens is 326 g/mol. The lowest BCUT2D eigenvalue weighted by Crippen LogP contribution is -2.13. The van der Waals surface area contributed by atoms with E-state index in [4.69, 9.17) is 5.73 Å². The highest BCUT2D eigenvalue weighted by Gasteiger charge is 2.14. The van der Waals surface area contributed by atoms with Crippen molar-refractivity contribution in [2.24, 2.45) is 12.8 Å². The second-order valence-electron chi connectivity index (χ2n) is 4.76. The van der Waals surface area contributed by atoms with Gasteiger partial charge in [-0.15, -0.1) is 10.2 Å². The number of Topliss-reactive ketones (excluding diaryl/α,β-unsaturated/α-hetero) is 1. The molecule has 1 amide bonds. The number of hydrogen-bond acceptors (Lipinski definition) is 5. The highest BCUT2D eigenvalue weighted by atomic mass is 32.2. The van der Waals surface area contributed by atoms with Crippen molar-refractivity contribution in [3.63, 3.8) is 0 Å². The molecule has 6 nitrogen and oxygen atoms in total. The summed E-state index contributed by atoms with van der Waals surface area (Å²) in [5.41, 5.74) is 5.17. The van der Waals surface area contributed by atoms with Crippen molar-refractivity contribution in [3.8, 4) is 0 Å². The molecule has 0 radical (unpaired) electrons.